The van der Waals surface area contributed by atoms with Crippen molar-refractivity contribution in [2.45, 2.75) is 58.3 Å². The van der Waals surface area contributed by atoms with Gasteiger partial charge in [-0.3, -0.25) is 4.79 Å². The van der Waals surface area contributed by atoms with Gasteiger partial charge in [-0.15, -0.1) is 12.4 Å². The third-order valence-corrected chi connectivity index (χ3v) is 3.97. The van der Waals surface area contributed by atoms with E-state index in [1.54, 1.807) is 0 Å². The minimum atomic E-state index is -0.103. The minimum Gasteiger partial charge on any atom is -0.356 e. The van der Waals surface area contributed by atoms with E-state index < -0.39 is 0 Å². The molecule has 2 heterocycles. The summed E-state index contributed by atoms with van der Waals surface area (Å²) in [7, 11) is 0. The molecule has 1 atom stereocenters. The zero-order valence-corrected chi connectivity index (χ0v) is 15.2. The van der Waals surface area contributed by atoms with Crippen LogP contribution in [0, 0.1) is 5.92 Å². The fraction of sp³-hybridized carbons (Fsp3) is 0.812. The molecule has 132 valence electrons. The summed E-state index contributed by atoms with van der Waals surface area (Å²) in [4.78, 5) is 16.2. The zero-order valence-electron chi connectivity index (χ0n) is 14.4. The van der Waals surface area contributed by atoms with Gasteiger partial charge in [0.1, 0.15) is 0 Å². The van der Waals surface area contributed by atoms with Gasteiger partial charge in [0.2, 0.25) is 11.8 Å². The Morgan fingerprint density at radius 1 is 1.43 bits per heavy atom. The SMILES string of the molecule is CC(C)(C)c1noc(CCCC(=O)NCCC2CCNC2)n1.Cl. The van der Waals surface area contributed by atoms with Gasteiger partial charge in [0.25, 0.3) is 0 Å². The van der Waals surface area contributed by atoms with Crippen molar-refractivity contribution >= 4 is 18.3 Å². The Morgan fingerprint density at radius 2 is 2.22 bits per heavy atom. The summed E-state index contributed by atoms with van der Waals surface area (Å²) in [6.45, 7) is 9.13. The number of hydrogen-bond acceptors (Lipinski definition) is 5. The van der Waals surface area contributed by atoms with Crippen LogP contribution in [0.1, 0.15) is 58.2 Å². The second-order valence-electron chi connectivity index (χ2n) is 7.11. The molecule has 0 bridgehead atoms. The van der Waals surface area contributed by atoms with E-state index in [0.717, 1.165) is 44.2 Å². The lowest BCUT2D eigenvalue weighted by molar-refractivity contribution is -0.121. The monoisotopic (exact) mass is 344 g/mol. The summed E-state index contributed by atoms with van der Waals surface area (Å²) in [6, 6.07) is 0. The van der Waals surface area contributed by atoms with Gasteiger partial charge < -0.3 is 15.2 Å². The van der Waals surface area contributed by atoms with Crippen LogP contribution in [-0.4, -0.2) is 35.7 Å². The van der Waals surface area contributed by atoms with Crippen LogP contribution < -0.4 is 10.6 Å². The van der Waals surface area contributed by atoms with Crippen LogP contribution >= 0.6 is 12.4 Å². The normalized spacial score (nSPS) is 17.8. The fourth-order valence-electron chi connectivity index (χ4n) is 2.53. The van der Waals surface area contributed by atoms with Crippen LogP contribution in [0.4, 0.5) is 0 Å². The molecular formula is C16H29ClN4O2. The van der Waals surface area contributed by atoms with E-state index in [-0.39, 0.29) is 23.7 Å². The molecular weight excluding hydrogens is 316 g/mol. The van der Waals surface area contributed by atoms with Gasteiger partial charge in [0, 0.05) is 24.8 Å². The highest BCUT2D eigenvalue weighted by Crippen LogP contribution is 2.18. The molecule has 0 aliphatic carbocycles. The molecule has 1 aliphatic rings. The summed E-state index contributed by atoms with van der Waals surface area (Å²) in [5, 5.41) is 10.3. The molecule has 1 saturated heterocycles. The zero-order chi connectivity index (χ0) is 16.0. The van der Waals surface area contributed by atoms with Gasteiger partial charge in [-0.05, 0) is 38.3 Å². The first kappa shape index (κ1) is 19.9. The molecule has 0 spiro atoms. The Morgan fingerprint density at radius 3 is 2.83 bits per heavy atom. The topological polar surface area (TPSA) is 80.0 Å². The first-order valence-corrected chi connectivity index (χ1v) is 8.25. The van der Waals surface area contributed by atoms with E-state index in [0.29, 0.717) is 18.7 Å². The molecule has 1 amide bonds. The summed E-state index contributed by atoms with van der Waals surface area (Å²) >= 11 is 0. The Kier molecular flexibility index (Phi) is 7.99. The summed E-state index contributed by atoms with van der Waals surface area (Å²) < 4.78 is 5.22. The fourth-order valence-corrected chi connectivity index (χ4v) is 2.53. The lowest BCUT2D eigenvalue weighted by atomic mass is 9.96. The van der Waals surface area contributed by atoms with Crippen molar-refractivity contribution < 1.29 is 9.32 Å². The maximum atomic E-state index is 11.8. The van der Waals surface area contributed by atoms with Gasteiger partial charge in [0.05, 0.1) is 0 Å². The smallest absolute Gasteiger partial charge is 0.226 e. The Hall–Kier alpha value is -1.14. The van der Waals surface area contributed by atoms with E-state index >= 15 is 0 Å². The third kappa shape index (κ3) is 6.87. The van der Waals surface area contributed by atoms with Crippen LogP contribution in [-0.2, 0) is 16.6 Å². The van der Waals surface area contributed by atoms with Crippen molar-refractivity contribution in [2.24, 2.45) is 5.92 Å². The highest BCUT2D eigenvalue weighted by atomic mass is 35.5. The van der Waals surface area contributed by atoms with Crippen LogP contribution in [0.15, 0.2) is 4.52 Å². The molecule has 1 aromatic heterocycles. The quantitative estimate of drug-likeness (QED) is 0.792. The molecule has 6 nitrogen and oxygen atoms in total. The van der Waals surface area contributed by atoms with Crippen molar-refractivity contribution in [2.75, 3.05) is 19.6 Å². The van der Waals surface area contributed by atoms with E-state index in [1.807, 2.05) is 0 Å². The molecule has 7 heteroatoms. The first-order chi connectivity index (χ1) is 10.4. The predicted octanol–water partition coefficient (Wildman–Crippen LogP) is 2.23. The number of hydrogen-bond donors (Lipinski definition) is 2. The summed E-state index contributed by atoms with van der Waals surface area (Å²) in [5.74, 6) is 2.17. The Balaban J connectivity index is 0.00000264. The first-order valence-electron chi connectivity index (χ1n) is 8.25. The molecule has 0 aromatic carbocycles. The van der Waals surface area contributed by atoms with Crippen molar-refractivity contribution in [3.8, 4) is 0 Å². The van der Waals surface area contributed by atoms with Crippen LogP contribution in [0.2, 0.25) is 0 Å². The van der Waals surface area contributed by atoms with Gasteiger partial charge in [0.15, 0.2) is 5.82 Å². The lowest BCUT2D eigenvalue weighted by Gasteiger charge is -2.10. The highest BCUT2D eigenvalue weighted by molar-refractivity contribution is 5.85. The predicted molar refractivity (Wildman–Crippen MR) is 91.8 cm³/mol. The summed E-state index contributed by atoms with van der Waals surface area (Å²) in [6.07, 6.45) is 4.20. The molecule has 1 unspecified atom stereocenters. The number of aromatic nitrogens is 2. The standard InChI is InChI=1S/C16H28N4O2.ClH/c1-16(2,3)15-19-14(22-20-15)6-4-5-13(21)18-10-8-12-7-9-17-11-12;/h12,17H,4-11H2,1-3H3,(H,18,21);1H. The van der Waals surface area contributed by atoms with Gasteiger partial charge in [-0.2, -0.15) is 4.98 Å². The maximum Gasteiger partial charge on any atom is 0.226 e. The number of halogens is 1. The molecule has 1 aliphatic heterocycles. The highest BCUT2D eigenvalue weighted by Gasteiger charge is 2.20. The number of carbonyl (C=O) groups is 1. The number of carbonyl (C=O) groups excluding carboxylic acids is 1. The summed E-state index contributed by atoms with van der Waals surface area (Å²) in [5.41, 5.74) is -0.103. The van der Waals surface area contributed by atoms with Crippen LogP contribution in [0.3, 0.4) is 0 Å². The molecule has 2 N–H and O–H groups in total. The average Bonchev–Trinajstić information content (AvgIpc) is 3.09. The van der Waals surface area contributed by atoms with Crippen molar-refractivity contribution in [3.63, 3.8) is 0 Å². The van der Waals surface area contributed by atoms with Crippen LogP contribution in [0.25, 0.3) is 0 Å². The maximum absolute atomic E-state index is 11.8. The second-order valence-corrected chi connectivity index (χ2v) is 7.11. The molecule has 1 aromatic rings. The molecule has 23 heavy (non-hydrogen) atoms. The lowest BCUT2D eigenvalue weighted by Crippen LogP contribution is -2.26. The average molecular weight is 345 g/mol. The molecule has 1 fully saturated rings. The van der Waals surface area contributed by atoms with Gasteiger partial charge >= 0.3 is 0 Å². The van der Waals surface area contributed by atoms with E-state index in [1.165, 1.54) is 6.42 Å². The number of aryl methyl sites for hydroxylation is 1. The number of amides is 1. The van der Waals surface area contributed by atoms with E-state index in [2.05, 4.69) is 41.5 Å². The number of nitrogens with one attached hydrogen (secondary N) is 2. The number of nitrogens with zero attached hydrogens (tertiary/aromatic N) is 2. The third-order valence-electron chi connectivity index (χ3n) is 3.97. The van der Waals surface area contributed by atoms with Crippen molar-refractivity contribution in [1.82, 2.24) is 20.8 Å². The Labute approximate surface area is 144 Å². The van der Waals surface area contributed by atoms with Crippen LogP contribution in [0.5, 0.6) is 0 Å². The largest absolute Gasteiger partial charge is 0.356 e. The van der Waals surface area contributed by atoms with Crippen molar-refractivity contribution in [1.29, 1.82) is 0 Å². The van der Waals surface area contributed by atoms with Gasteiger partial charge in [-0.1, -0.05) is 25.9 Å². The molecule has 0 saturated carbocycles. The second kappa shape index (κ2) is 9.23. The van der Waals surface area contributed by atoms with Gasteiger partial charge in [-0.25, -0.2) is 0 Å². The Bertz CT molecular complexity index is 479. The van der Waals surface area contributed by atoms with E-state index in [4.69, 9.17) is 4.52 Å². The minimum absolute atomic E-state index is 0. The molecule has 0 radical (unpaired) electrons. The van der Waals surface area contributed by atoms with E-state index in [9.17, 15) is 4.79 Å². The molecule has 2 rings (SSSR count). The van der Waals surface area contributed by atoms with Crippen molar-refractivity contribution in [3.05, 3.63) is 11.7 Å². The number of rotatable bonds is 7.